The zero-order chi connectivity index (χ0) is 21.0. The first kappa shape index (κ1) is 22.0. The average molecular weight is 416 g/mol. The number of rotatable bonds is 7. The van der Waals surface area contributed by atoms with Crippen molar-refractivity contribution in [2.75, 3.05) is 27.2 Å². The first-order chi connectivity index (χ1) is 13.8. The van der Waals surface area contributed by atoms with Crippen molar-refractivity contribution in [1.29, 1.82) is 0 Å². The van der Waals surface area contributed by atoms with E-state index in [9.17, 15) is 8.42 Å². The number of hydrogen-bond acceptors (Lipinski definition) is 4. The van der Waals surface area contributed by atoms with Crippen LogP contribution in [0.2, 0.25) is 0 Å². The molecule has 29 heavy (non-hydrogen) atoms. The van der Waals surface area contributed by atoms with Crippen LogP contribution in [0.3, 0.4) is 0 Å². The largest absolute Gasteiger partial charge is 0.306 e. The summed E-state index contributed by atoms with van der Waals surface area (Å²) in [6.07, 6.45) is 1.18. The van der Waals surface area contributed by atoms with Crippen LogP contribution in [0.15, 0.2) is 59.5 Å². The van der Waals surface area contributed by atoms with Gasteiger partial charge in [0, 0.05) is 39.3 Å². The molecule has 1 fully saturated rings. The van der Waals surface area contributed by atoms with Crippen molar-refractivity contribution in [3.05, 3.63) is 65.7 Å². The summed E-state index contributed by atoms with van der Waals surface area (Å²) < 4.78 is 25.8. The minimum absolute atomic E-state index is 0.162. The molecule has 0 amide bonds. The second-order valence-electron chi connectivity index (χ2n) is 8.34. The molecule has 2 aromatic rings. The van der Waals surface area contributed by atoms with E-state index in [2.05, 4.69) is 54.4 Å². The number of nitrogens with one attached hydrogen (secondary N) is 1. The van der Waals surface area contributed by atoms with Crippen molar-refractivity contribution in [2.24, 2.45) is 5.92 Å². The van der Waals surface area contributed by atoms with Gasteiger partial charge in [-0.2, -0.15) is 0 Å². The Bertz CT molecular complexity index is 882. The SMILES string of the molecule is CC(NC1CN(Cc2ccccc2)CCC1C)c1ccc(S(=O)(=O)N(C)C)cc1. The average Bonchev–Trinajstić information content (AvgIpc) is 2.71. The van der Waals surface area contributed by atoms with E-state index >= 15 is 0 Å². The lowest BCUT2D eigenvalue weighted by atomic mass is 9.92. The van der Waals surface area contributed by atoms with E-state index in [1.807, 2.05) is 12.1 Å². The quantitative estimate of drug-likeness (QED) is 0.752. The summed E-state index contributed by atoms with van der Waals surface area (Å²) in [5.74, 6) is 0.609. The minimum atomic E-state index is -3.39. The zero-order valence-corrected chi connectivity index (χ0v) is 18.7. The first-order valence-electron chi connectivity index (χ1n) is 10.3. The second-order valence-corrected chi connectivity index (χ2v) is 10.5. The third kappa shape index (κ3) is 5.45. The van der Waals surface area contributed by atoms with Crippen LogP contribution >= 0.6 is 0 Å². The molecular weight excluding hydrogens is 382 g/mol. The number of benzene rings is 2. The number of piperidine rings is 1. The van der Waals surface area contributed by atoms with Gasteiger partial charge in [0.05, 0.1) is 4.90 Å². The maximum absolute atomic E-state index is 12.3. The minimum Gasteiger partial charge on any atom is -0.306 e. The summed E-state index contributed by atoms with van der Waals surface area (Å²) in [5.41, 5.74) is 2.46. The van der Waals surface area contributed by atoms with Crippen molar-refractivity contribution >= 4 is 10.0 Å². The number of hydrogen-bond donors (Lipinski definition) is 1. The molecule has 158 valence electrons. The van der Waals surface area contributed by atoms with Crippen molar-refractivity contribution in [2.45, 2.75) is 43.8 Å². The maximum atomic E-state index is 12.3. The molecule has 5 nitrogen and oxygen atoms in total. The highest BCUT2D eigenvalue weighted by atomic mass is 32.2. The summed E-state index contributed by atoms with van der Waals surface area (Å²) in [7, 11) is -0.277. The summed E-state index contributed by atoms with van der Waals surface area (Å²) in [6.45, 7) is 7.60. The van der Waals surface area contributed by atoms with Gasteiger partial charge in [0.1, 0.15) is 0 Å². The van der Waals surface area contributed by atoms with Gasteiger partial charge in [-0.3, -0.25) is 4.90 Å². The maximum Gasteiger partial charge on any atom is 0.242 e. The Balaban J connectivity index is 1.63. The molecule has 0 spiro atoms. The molecule has 2 aromatic carbocycles. The highest BCUT2D eigenvalue weighted by Gasteiger charge is 2.27. The highest BCUT2D eigenvalue weighted by Crippen LogP contribution is 2.23. The van der Waals surface area contributed by atoms with Gasteiger partial charge in [-0.1, -0.05) is 49.4 Å². The van der Waals surface area contributed by atoms with Crippen LogP contribution in [0.25, 0.3) is 0 Å². The van der Waals surface area contributed by atoms with E-state index < -0.39 is 10.0 Å². The zero-order valence-electron chi connectivity index (χ0n) is 17.9. The van der Waals surface area contributed by atoms with Crippen LogP contribution in [-0.4, -0.2) is 50.8 Å². The van der Waals surface area contributed by atoms with Gasteiger partial charge in [-0.15, -0.1) is 0 Å². The van der Waals surface area contributed by atoms with Crippen molar-refractivity contribution in [3.8, 4) is 0 Å². The molecule has 3 atom stereocenters. The molecule has 0 saturated carbocycles. The topological polar surface area (TPSA) is 52.7 Å². The van der Waals surface area contributed by atoms with E-state index in [1.54, 1.807) is 26.2 Å². The Morgan fingerprint density at radius 2 is 1.76 bits per heavy atom. The number of nitrogens with zero attached hydrogens (tertiary/aromatic N) is 2. The lowest BCUT2D eigenvalue weighted by Crippen LogP contribution is -2.50. The van der Waals surface area contributed by atoms with Crippen LogP contribution in [0, 0.1) is 5.92 Å². The number of likely N-dealkylation sites (tertiary alicyclic amines) is 1. The summed E-state index contributed by atoms with van der Waals surface area (Å²) in [5, 5.41) is 3.78. The molecule has 0 aromatic heterocycles. The fourth-order valence-corrected chi connectivity index (χ4v) is 4.80. The molecule has 1 heterocycles. The number of sulfonamides is 1. The van der Waals surface area contributed by atoms with Crippen LogP contribution < -0.4 is 5.32 Å². The van der Waals surface area contributed by atoms with Gasteiger partial charge in [0.15, 0.2) is 0 Å². The Kier molecular flexibility index (Phi) is 7.11. The van der Waals surface area contributed by atoms with E-state index in [-0.39, 0.29) is 6.04 Å². The Morgan fingerprint density at radius 3 is 2.38 bits per heavy atom. The fraction of sp³-hybridized carbons (Fsp3) is 0.478. The third-order valence-corrected chi connectivity index (χ3v) is 7.74. The van der Waals surface area contributed by atoms with E-state index in [4.69, 9.17) is 0 Å². The lowest BCUT2D eigenvalue weighted by Gasteiger charge is -2.39. The van der Waals surface area contributed by atoms with Gasteiger partial charge in [-0.25, -0.2) is 12.7 Å². The third-order valence-electron chi connectivity index (χ3n) is 5.91. The van der Waals surface area contributed by atoms with Gasteiger partial charge in [0.25, 0.3) is 0 Å². The Labute approximate surface area is 175 Å². The molecule has 1 aliphatic heterocycles. The van der Waals surface area contributed by atoms with Gasteiger partial charge in [-0.05, 0) is 49.1 Å². The Hall–Kier alpha value is -1.73. The standard InChI is InChI=1S/C23H33N3O2S/c1-18-14-15-26(16-20-8-6-5-7-9-20)17-23(18)24-19(2)21-10-12-22(13-11-21)29(27,28)25(3)4/h5-13,18-19,23-24H,14-17H2,1-4H3. The van der Waals surface area contributed by atoms with E-state index in [0.717, 1.165) is 25.2 Å². The predicted octanol–water partition coefficient (Wildman–Crippen LogP) is 3.50. The molecule has 3 unspecified atom stereocenters. The van der Waals surface area contributed by atoms with Crippen LogP contribution in [0.1, 0.15) is 37.4 Å². The molecule has 6 heteroatoms. The van der Waals surface area contributed by atoms with Crippen molar-refractivity contribution in [1.82, 2.24) is 14.5 Å². The molecule has 0 bridgehead atoms. The summed E-state index contributed by atoms with van der Waals surface area (Å²) in [4.78, 5) is 2.85. The molecule has 3 rings (SSSR count). The molecular formula is C23H33N3O2S. The molecule has 0 radical (unpaired) electrons. The monoisotopic (exact) mass is 415 g/mol. The normalized spacial score (nSPS) is 22.0. The predicted molar refractivity (Wildman–Crippen MR) is 118 cm³/mol. The molecule has 0 aliphatic carbocycles. The van der Waals surface area contributed by atoms with Gasteiger partial charge in [0.2, 0.25) is 10.0 Å². The molecule has 1 N–H and O–H groups in total. The van der Waals surface area contributed by atoms with Crippen molar-refractivity contribution < 1.29 is 8.42 Å². The fourth-order valence-electron chi connectivity index (χ4n) is 3.90. The van der Waals surface area contributed by atoms with E-state index in [0.29, 0.717) is 16.9 Å². The first-order valence-corrected chi connectivity index (χ1v) is 11.8. The highest BCUT2D eigenvalue weighted by molar-refractivity contribution is 7.89. The Morgan fingerprint density at radius 1 is 1.10 bits per heavy atom. The van der Waals surface area contributed by atoms with E-state index in [1.165, 1.54) is 16.3 Å². The lowest BCUT2D eigenvalue weighted by molar-refractivity contribution is 0.136. The van der Waals surface area contributed by atoms with Crippen LogP contribution in [-0.2, 0) is 16.6 Å². The second kappa shape index (κ2) is 9.39. The summed E-state index contributed by atoms with van der Waals surface area (Å²) >= 11 is 0. The van der Waals surface area contributed by atoms with Gasteiger partial charge < -0.3 is 5.32 Å². The molecule has 1 aliphatic rings. The van der Waals surface area contributed by atoms with Crippen LogP contribution in [0.4, 0.5) is 0 Å². The van der Waals surface area contributed by atoms with Gasteiger partial charge >= 0.3 is 0 Å². The van der Waals surface area contributed by atoms with Crippen molar-refractivity contribution in [3.63, 3.8) is 0 Å². The summed E-state index contributed by atoms with van der Waals surface area (Å²) in [6, 6.07) is 18.4. The smallest absolute Gasteiger partial charge is 0.242 e. The van der Waals surface area contributed by atoms with Crippen LogP contribution in [0.5, 0.6) is 0 Å². The molecule has 1 saturated heterocycles.